The van der Waals surface area contributed by atoms with Crippen molar-refractivity contribution in [3.8, 4) is 0 Å². The molecule has 1 N–H and O–H groups in total. The van der Waals surface area contributed by atoms with Crippen molar-refractivity contribution in [2.45, 2.75) is 25.3 Å². The number of aromatic nitrogens is 1. The molecule has 10 heteroatoms. The van der Waals surface area contributed by atoms with Gasteiger partial charge in [-0.25, -0.2) is 14.2 Å². The number of esters is 2. The minimum Gasteiger partial charge on any atom is -0.469 e. The van der Waals surface area contributed by atoms with Crippen LogP contribution in [0.25, 0.3) is 0 Å². The number of carbonyl (C=O) groups excluding carboxylic acids is 2. The van der Waals surface area contributed by atoms with Gasteiger partial charge in [-0.2, -0.15) is 0 Å². The predicted octanol–water partition coefficient (Wildman–Crippen LogP) is 3.80. The highest BCUT2D eigenvalue weighted by Crippen LogP contribution is 2.76. The number of ether oxygens (including phenoxy) is 2. The van der Waals surface area contributed by atoms with Crippen LogP contribution in [0.5, 0.6) is 0 Å². The van der Waals surface area contributed by atoms with Crippen molar-refractivity contribution in [3.63, 3.8) is 0 Å². The number of benzene rings is 1. The number of nitrogens with zero attached hydrogens (tertiary/aromatic N) is 2. The average molecular weight is 476 g/mol. The molecule has 3 fully saturated rings. The fourth-order valence-electron chi connectivity index (χ4n) is 5.17. The minimum atomic E-state index is -0.811. The highest BCUT2D eigenvalue weighted by Gasteiger charge is 2.74. The number of allylic oxidation sites excluding steroid dienone is 1. The predicted molar refractivity (Wildman–Crippen MR) is 116 cm³/mol. The second kappa shape index (κ2) is 7.38. The number of rotatable bonds is 5. The summed E-state index contributed by atoms with van der Waals surface area (Å²) in [6, 6.07) is 3.19. The van der Waals surface area contributed by atoms with Crippen LogP contribution in [0, 0.1) is 16.6 Å². The van der Waals surface area contributed by atoms with E-state index in [1.165, 1.54) is 43.8 Å². The maximum atomic E-state index is 13.7. The summed E-state index contributed by atoms with van der Waals surface area (Å²) in [5, 5.41) is 5.94. The Labute approximate surface area is 192 Å². The molecule has 1 atom stereocenters. The van der Waals surface area contributed by atoms with E-state index in [4.69, 9.17) is 26.1 Å². The molecule has 0 saturated heterocycles. The molecule has 0 radical (unpaired) electrons. The Morgan fingerprint density at radius 3 is 2.59 bits per heavy atom. The zero-order valence-electron chi connectivity index (χ0n) is 17.3. The summed E-state index contributed by atoms with van der Waals surface area (Å²) in [6.07, 6.45) is 3.34. The number of thiazole rings is 1. The van der Waals surface area contributed by atoms with Crippen molar-refractivity contribution in [2.24, 2.45) is 15.8 Å². The van der Waals surface area contributed by atoms with Crippen LogP contribution in [-0.4, -0.2) is 37.0 Å². The normalized spacial score (nSPS) is 28.1. The summed E-state index contributed by atoms with van der Waals surface area (Å²) in [5.74, 6) is -0.788. The first-order chi connectivity index (χ1) is 15.3. The van der Waals surface area contributed by atoms with Gasteiger partial charge in [-0.1, -0.05) is 17.7 Å². The largest absolute Gasteiger partial charge is 0.469 e. The highest BCUT2D eigenvalue weighted by atomic mass is 35.5. The highest BCUT2D eigenvalue weighted by molar-refractivity contribution is 7.11. The Kier molecular flexibility index (Phi) is 4.86. The van der Waals surface area contributed by atoms with Crippen LogP contribution in [0.1, 0.15) is 35.9 Å². The molecule has 0 spiro atoms. The van der Waals surface area contributed by atoms with Gasteiger partial charge < -0.3 is 14.8 Å². The van der Waals surface area contributed by atoms with E-state index >= 15 is 0 Å². The van der Waals surface area contributed by atoms with Crippen molar-refractivity contribution < 1.29 is 23.5 Å². The Morgan fingerprint density at radius 1 is 1.25 bits per heavy atom. The molecule has 1 aromatic carbocycles. The van der Waals surface area contributed by atoms with Crippen LogP contribution in [0.3, 0.4) is 0 Å². The number of hydrogen-bond acceptors (Lipinski definition) is 8. The lowest BCUT2D eigenvalue weighted by Gasteiger charge is -2.69. The van der Waals surface area contributed by atoms with Crippen molar-refractivity contribution in [2.75, 3.05) is 14.2 Å². The van der Waals surface area contributed by atoms with E-state index in [9.17, 15) is 14.0 Å². The SMILES string of the molecule is COC(=O)C1=C(C23CC(C(=O)OC)(C2)C3)NC(c2nccs2)=NC1c1ccc(F)cc1Cl. The summed E-state index contributed by atoms with van der Waals surface area (Å²) in [4.78, 5) is 34.3. The van der Waals surface area contributed by atoms with Crippen molar-refractivity contribution in [1.29, 1.82) is 0 Å². The number of aliphatic imine (C=N–C) groups is 1. The van der Waals surface area contributed by atoms with E-state index in [2.05, 4.69) is 10.3 Å². The number of nitrogens with one attached hydrogen (secondary N) is 1. The van der Waals surface area contributed by atoms with Gasteiger partial charge in [0.05, 0.1) is 25.2 Å². The number of amidine groups is 1. The van der Waals surface area contributed by atoms with Gasteiger partial charge in [-0.15, -0.1) is 11.3 Å². The molecule has 4 aliphatic rings. The lowest BCUT2D eigenvalue weighted by Crippen LogP contribution is -2.68. The minimum absolute atomic E-state index is 0.156. The number of methoxy groups -OCH3 is 2. The topological polar surface area (TPSA) is 89.9 Å². The molecule has 2 heterocycles. The van der Waals surface area contributed by atoms with E-state index in [0.717, 1.165) is 0 Å². The summed E-state index contributed by atoms with van der Waals surface area (Å²) < 4.78 is 23.8. The molecule has 7 nitrogen and oxygen atoms in total. The van der Waals surface area contributed by atoms with Gasteiger partial charge >= 0.3 is 11.9 Å². The molecule has 32 heavy (non-hydrogen) atoms. The van der Waals surface area contributed by atoms with Crippen molar-refractivity contribution >= 4 is 40.7 Å². The van der Waals surface area contributed by atoms with Gasteiger partial charge in [0.1, 0.15) is 11.9 Å². The molecule has 0 amide bonds. The van der Waals surface area contributed by atoms with Gasteiger partial charge in [0.25, 0.3) is 0 Å². The van der Waals surface area contributed by atoms with Gasteiger partial charge in [-0.05, 0) is 31.4 Å². The van der Waals surface area contributed by atoms with Crippen LogP contribution in [-0.2, 0) is 19.1 Å². The van der Waals surface area contributed by atoms with Crippen LogP contribution in [0.2, 0.25) is 5.02 Å². The van der Waals surface area contributed by atoms with Gasteiger partial charge in [-0.3, -0.25) is 9.79 Å². The van der Waals surface area contributed by atoms with Crippen molar-refractivity contribution in [3.05, 3.63) is 62.5 Å². The van der Waals surface area contributed by atoms with Crippen LogP contribution in [0.4, 0.5) is 4.39 Å². The molecular weight excluding hydrogens is 457 g/mol. The number of carbonyl (C=O) groups is 2. The summed E-state index contributed by atoms with van der Waals surface area (Å²) >= 11 is 7.77. The Bertz CT molecular complexity index is 1170. The first kappa shape index (κ1) is 21.1. The monoisotopic (exact) mass is 475 g/mol. The maximum absolute atomic E-state index is 13.7. The lowest BCUT2D eigenvalue weighted by atomic mass is 9.33. The molecule has 2 aromatic rings. The second-order valence-electron chi connectivity index (χ2n) is 8.37. The van der Waals surface area contributed by atoms with Gasteiger partial charge in [0.15, 0.2) is 10.8 Å². The van der Waals surface area contributed by atoms with Crippen LogP contribution < -0.4 is 5.32 Å². The third-order valence-electron chi connectivity index (χ3n) is 6.52. The Morgan fingerprint density at radius 2 is 2.00 bits per heavy atom. The Hall–Kier alpha value is -2.78. The maximum Gasteiger partial charge on any atom is 0.338 e. The van der Waals surface area contributed by atoms with Crippen LogP contribution >= 0.6 is 22.9 Å². The van der Waals surface area contributed by atoms with E-state index < -0.39 is 28.7 Å². The zero-order chi connectivity index (χ0) is 22.7. The molecule has 1 aromatic heterocycles. The molecule has 1 aliphatic heterocycles. The van der Waals surface area contributed by atoms with Crippen LogP contribution in [0.15, 0.2) is 46.0 Å². The molecule has 2 bridgehead atoms. The zero-order valence-corrected chi connectivity index (χ0v) is 18.8. The second-order valence-corrected chi connectivity index (χ2v) is 9.67. The van der Waals surface area contributed by atoms with E-state index in [0.29, 0.717) is 46.9 Å². The summed E-state index contributed by atoms with van der Waals surface area (Å²) in [5.41, 5.74) is 0.529. The van der Waals surface area contributed by atoms with E-state index in [1.54, 1.807) is 6.20 Å². The smallest absolute Gasteiger partial charge is 0.338 e. The summed E-state index contributed by atoms with van der Waals surface area (Å²) in [6.45, 7) is 0. The third-order valence-corrected chi connectivity index (χ3v) is 7.63. The fraction of sp³-hybridized carbons (Fsp3) is 0.364. The third kappa shape index (κ3) is 2.98. The van der Waals surface area contributed by atoms with Gasteiger partial charge in [0.2, 0.25) is 0 Å². The molecule has 6 rings (SSSR count). The number of hydrogen-bond donors (Lipinski definition) is 1. The first-order valence-electron chi connectivity index (χ1n) is 9.93. The lowest BCUT2D eigenvalue weighted by molar-refractivity contribution is -0.213. The average Bonchev–Trinajstić information content (AvgIpc) is 3.25. The standard InChI is InChI=1S/C22H19ClFN3O4S/c1-30-19(28)14-15(12-4-3-11(24)7-13(12)23)26-17(18-25-5-6-32-18)27-16(14)21-8-22(9-21,10-21)20(29)31-2/h3-7,15H,8-10H2,1-2H3,(H,26,27). The number of halogens is 2. The van der Waals surface area contributed by atoms with E-state index in [-0.39, 0.29) is 11.0 Å². The summed E-state index contributed by atoms with van der Waals surface area (Å²) in [7, 11) is 2.68. The molecule has 166 valence electrons. The first-order valence-corrected chi connectivity index (χ1v) is 11.2. The van der Waals surface area contributed by atoms with Crippen molar-refractivity contribution in [1.82, 2.24) is 10.3 Å². The molecule has 1 unspecified atom stereocenters. The Balaban J connectivity index is 1.64. The fourth-order valence-corrected chi connectivity index (χ4v) is 6.03. The van der Waals surface area contributed by atoms with E-state index in [1.807, 2.05) is 5.38 Å². The molecule has 3 aliphatic carbocycles. The van der Waals surface area contributed by atoms with Gasteiger partial charge in [0, 0.05) is 33.3 Å². The quantitative estimate of drug-likeness (QED) is 0.662. The molecular formula is C22H19ClFN3O4S. The molecule has 3 saturated carbocycles.